The van der Waals surface area contributed by atoms with E-state index in [9.17, 15) is 23.8 Å². The van der Waals surface area contributed by atoms with Gasteiger partial charge in [0.25, 0.3) is 5.66 Å². The zero-order valence-corrected chi connectivity index (χ0v) is 17.5. The van der Waals surface area contributed by atoms with E-state index in [0.717, 1.165) is 6.08 Å². The highest BCUT2D eigenvalue weighted by Crippen LogP contribution is 2.38. The number of ether oxygens (including phenoxy) is 1. The Bertz CT molecular complexity index is 1100. The molecule has 31 heavy (non-hydrogen) atoms. The summed E-state index contributed by atoms with van der Waals surface area (Å²) in [5.74, 6) is 0.200. The number of hydrogen-bond donors (Lipinski definition) is 3. The first-order chi connectivity index (χ1) is 14.7. The summed E-state index contributed by atoms with van der Waals surface area (Å²) in [6.45, 7) is 2.91. The average Bonchev–Trinajstić information content (AvgIpc) is 2.76. The molecule has 3 rings (SSSR count). The zero-order chi connectivity index (χ0) is 22.6. The summed E-state index contributed by atoms with van der Waals surface area (Å²) < 4.78 is 32.8. The highest BCUT2D eigenvalue weighted by atomic mass is 31.0. The number of aliphatic hydroxyl groups is 2. The molecule has 9 heteroatoms. The van der Waals surface area contributed by atoms with E-state index < -0.39 is 24.3 Å². The van der Waals surface area contributed by atoms with Crippen LogP contribution in [0.25, 0.3) is 10.9 Å². The molecule has 0 fully saturated rings. The molecule has 0 aliphatic rings. The van der Waals surface area contributed by atoms with E-state index in [-0.39, 0.29) is 12.1 Å². The smallest absolute Gasteiger partial charge is 0.283 e. The highest BCUT2D eigenvalue weighted by Gasteiger charge is 2.24. The SMILES string of the molecule is C=CC(=O)NCc1cc(Oc2ccc(C(F)(F)P)cc2)c2ncccc2c1C(O)CO. The molecule has 1 heterocycles. The number of amides is 1. The van der Waals surface area contributed by atoms with Crippen LogP contribution in [0.1, 0.15) is 22.8 Å². The zero-order valence-electron chi connectivity index (χ0n) is 16.4. The number of fused-ring (bicyclic) bond motifs is 1. The van der Waals surface area contributed by atoms with Gasteiger partial charge in [-0.3, -0.25) is 9.78 Å². The number of benzene rings is 2. The van der Waals surface area contributed by atoms with Gasteiger partial charge < -0.3 is 20.3 Å². The van der Waals surface area contributed by atoms with Gasteiger partial charge in [0.2, 0.25) is 5.91 Å². The number of rotatable bonds is 8. The van der Waals surface area contributed by atoms with Gasteiger partial charge in [0.15, 0.2) is 5.75 Å². The van der Waals surface area contributed by atoms with Crippen LogP contribution in [0.3, 0.4) is 0 Å². The van der Waals surface area contributed by atoms with E-state index in [1.165, 1.54) is 33.5 Å². The van der Waals surface area contributed by atoms with Gasteiger partial charge in [0.05, 0.1) is 6.61 Å². The minimum absolute atomic E-state index is 0.0384. The normalized spacial score (nSPS) is 12.4. The van der Waals surface area contributed by atoms with Crippen molar-refractivity contribution in [3.05, 3.63) is 78.0 Å². The molecular weight excluding hydrogens is 425 g/mol. The number of nitrogens with one attached hydrogen (secondary N) is 1. The van der Waals surface area contributed by atoms with Crippen molar-refractivity contribution in [3.8, 4) is 11.5 Å². The number of carbonyl (C=O) groups is 1. The highest BCUT2D eigenvalue weighted by molar-refractivity contribution is 7.17. The number of aromatic nitrogens is 1. The van der Waals surface area contributed by atoms with Gasteiger partial charge in [-0.25, -0.2) is 0 Å². The molecular formula is C22H21F2N2O4P. The molecule has 0 saturated heterocycles. The van der Waals surface area contributed by atoms with E-state index >= 15 is 0 Å². The predicted octanol–water partition coefficient (Wildman–Crippen LogP) is 3.78. The number of aliphatic hydroxyl groups excluding tert-OH is 2. The predicted molar refractivity (Wildman–Crippen MR) is 116 cm³/mol. The van der Waals surface area contributed by atoms with Crippen LogP contribution in [0.15, 0.2) is 61.3 Å². The topological polar surface area (TPSA) is 91.7 Å². The number of halogens is 2. The Labute approximate surface area is 179 Å². The summed E-state index contributed by atoms with van der Waals surface area (Å²) in [6.07, 6.45) is 1.45. The van der Waals surface area contributed by atoms with Crippen molar-refractivity contribution in [2.24, 2.45) is 0 Å². The summed E-state index contributed by atoms with van der Waals surface area (Å²) in [7, 11) is 1.48. The fraction of sp³-hybridized carbons (Fsp3) is 0.182. The third-order valence-electron chi connectivity index (χ3n) is 4.59. The molecule has 3 N–H and O–H groups in total. The van der Waals surface area contributed by atoms with Crippen molar-refractivity contribution >= 4 is 26.0 Å². The van der Waals surface area contributed by atoms with Crippen molar-refractivity contribution in [3.63, 3.8) is 0 Å². The molecule has 0 saturated carbocycles. The third-order valence-corrected chi connectivity index (χ3v) is 4.93. The van der Waals surface area contributed by atoms with E-state index in [0.29, 0.717) is 33.5 Å². The fourth-order valence-corrected chi connectivity index (χ4v) is 3.32. The maximum absolute atomic E-state index is 13.4. The molecule has 2 unspecified atom stereocenters. The Morgan fingerprint density at radius 2 is 2.03 bits per heavy atom. The lowest BCUT2D eigenvalue weighted by molar-refractivity contribution is -0.116. The number of pyridine rings is 1. The first-order valence-corrected chi connectivity index (χ1v) is 9.87. The Morgan fingerprint density at radius 1 is 1.32 bits per heavy atom. The summed E-state index contributed by atoms with van der Waals surface area (Å²) in [5.41, 5.74) is -1.92. The van der Waals surface area contributed by atoms with Crippen LogP contribution in [0, 0.1) is 0 Å². The Morgan fingerprint density at radius 3 is 2.65 bits per heavy atom. The molecule has 6 nitrogen and oxygen atoms in total. The van der Waals surface area contributed by atoms with E-state index in [1.54, 1.807) is 24.4 Å². The Kier molecular flexibility index (Phi) is 6.95. The second kappa shape index (κ2) is 9.47. The van der Waals surface area contributed by atoms with Crippen molar-refractivity contribution in [1.29, 1.82) is 0 Å². The maximum Gasteiger partial charge on any atom is 0.283 e. The quantitative estimate of drug-likeness (QED) is 0.362. The van der Waals surface area contributed by atoms with Gasteiger partial charge in [0, 0.05) is 23.7 Å². The van der Waals surface area contributed by atoms with Crippen molar-refractivity contribution in [2.75, 3.05) is 6.61 Å². The first-order valence-electron chi connectivity index (χ1n) is 9.29. The Hall–Kier alpha value is -2.93. The second-order valence-corrected chi connectivity index (χ2v) is 7.44. The van der Waals surface area contributed by atoms with E-state index in [2.05, 4.69) is 16.9 Å². The molecule has 1 amide bonds. The van der Waals surface area contributed by atoms with Crippen LogP contribution < -0.4 is 10.1 Å². The van der Waals surface area contributed by atoms with Crippen molar-refractivity contribution in [2.45, 2.75) is 18.3 Å². The van der Waals surface area contributed by atoms with Crippen LogP contribution in [-0.4, -0.2) is 27.7 Å². The van der Waals surface area contributed by atoms with Gasteiger partial charge in [-0.1, -0.05) is 21.9 Å². The first kappa shape index (κ1) is 22.7. The number of hydrogen-bond acceptors (Lipinski definition) is 5. The summed E-state index contributed by atoms with van der Waals surface area (Å²) in [6, 6.07) is 10.3. The van der Waals surface area contributed by atoms with Crippen LogP contribution in [-0.2, 0) is 17.0 Å². The Balaban J connectivity index is 2.08. The molecule has 0 spiro atoms. The van der Waals surface area contributed by atoms with Gasteiger partial charge in [0.1, 0.15) is 17.4 Å². The molecule has 0 radical (unpaired) electrons. The van der Waals surface area contributed by atoms with Crippen LogP contribution in [0.5, 0.6) is 11.5 Å². The molecule has 2 atom stereocenters. The van der Waals surface area contributed by atoms with Gasteiger partial charge >= 0.3 is 0 Å². The molecule has 0 bridgehead atoms. The largest absolute Gasteiger partial charge is 0.455 e. The van der Waals surface area contributed by atoms with Gasteiger partial charge in [-0.15, -0.1) is 0 Å². The number of carbonyl (C=O) groups excluding carboxylic acids is 1. The summed E-state index contributed by atoms with van der Waals surface area (Å²) >= 11 is 0. The van der Waals surface area contributed by atoms with Crippen molar-refractivity contribution in [1.82, 2.24) is 10.3 Å². The van der Waals surface area contributed by atoms with E-state index in [4.69, 9.17) is 4.74 Å². The lowest BCUT2D eigenvalue weighted by Gasteiger charge is -2.19. The lowest BCUT2D eigenvalue weighted by atomic mass is 9.96. The molecule has 1 aromatic heterocycles. The summed E-state index contributed by atoms with van der Waals surface area (Å²) in [4.78, 5) is 16.0. The number of nitrogens with zero attached hydrogens (tertiary/aromatic N) is 1. The monoisotopic (exact) mass is 446 g/mol. The van der Waals surface area contributed by atoms with Crippen molar-refractivity contribution < 1.29 is 28.5 Å². The molecule has 0 aliphatic carbocycles. The molecule has 2 aromatic carbocycles. The van der Waals surface area contributed by atoms with E-state index in [1.807, 2.05) is 0 Å². The van der Waals surface area contributed by atoms with Crippen LogP contribution in [0.2, 0.25) is 0 Å². The van der Waals surface area contributed by atoms with Gasteiger partial charge in [-0.2, -0.15) is 8.78 Å². The maximum atomic E-state index is 13.4. The molecule has 162 valence electrons. The lowest BCUT2D eigenvalue weighted by Crippen LogP contribution is -2.22. The molecule has 3 aromatic rings. The number of alkyl halides is 2. The standard InChI is InChI=1S/C22H21F2N2O4P/c1-2-19(29)26-11-13-10-18(30-15-7-5-14(6-8-15)22(23,24)31)21-16(4-3-9-25-21)20(13)17(28)12-27/h2-10,17,27-28H,1,11-12,31H2,(H,26,29). The van der Waals surface area contributed by atoms with Gasteiger partial charge in [-0.05, 0) is 53.6 Å². The second-order valence-electron chi connectivity index (χ2n) is 6.72. The minimum atomic E-state index is -3.05. The minimum Gasteiger partial charge on any atom is -0.455 e. The van der Waals surface area contributed by atoms with Crippen LogP contribution >= 0.6 is 9.24 Å². The molecule has 0 aliphatic heterocycles. The average molecular weight is 446 g/mol. The fourth-order valence-electron chi connectivity index (χ4n) is 3.13. The third kappa shape index (κ3) is 5.22. The summed E-state index contributed by atoms with van der Waals surface area (Å²) in [5, 5.41) is 23.1. The van der Waals surface area contributed by atoms with Crippen LogP contribution in [0.4, 0.5) is 8.78 Å².